The molecule has 0 saturated heterocycles. The molecule has 21 heavy (non-hydrogen) atoms. The van der Waals surface area contributed by atoms with Gasteiger partial charge >= 0.3 is 0 Å². The Morgan fingerprint density at radius 2 is 2.10 bits per heavy atom. The lowest BCUT2D eigenvalue weighted by atomic mass is 10.1. The summed E-state index contributed by atoms with van der Waals surface area (Å²) in [7, 11) is 0. The minimum absolute atomic E-state index is 0.115. The highest BCUT2D eigenvalue weighted by Crippen LogP contribution is 2.19. The number of amides is 1. The molecule has 0 radical (unpaired) electrons. The maximum absolute atomic E-state index is 12.1. The average Bonchev–Trinajstić information content (AvgIpc) is 3.06. The zero-order valence-corrected chi connectivity index (χ0v) is 11.9. The molecule has 5 heteroatoms. The topological polar surface area (TPSA) is 68.3 Å². The van der Waals surface area contributed by atoms with Crippen molar-refractivity contribution >= 4 is 16.9 Å². The Hall–Kier alpha value is -2.56. The molecule has 1 amide bonds. The number of carbonyl (C=O) groups is 1. The van der Waals surface area contributed by atoms with Gasteiger partial charge in [0.25, 0.3) is 0 Å². The van der Waals surface area contributed by atoms with E-state index in [9.17, 15) is 4.79 Å². The summed E-state index contributed by atoms with van der Waals surface area (Å²) < 4.78 is 10.7. The fourth-order valence-corrected chi connectivity index (χ4v) is 2.27. The number of hydrogen-bond acceptors (Lipinski definition) is 4. The molecule has 3 aromatic rings. The number of carbonyl (C=O) groups excluding carboxylic acids is 1. The van der Waals surface area contributed by atoms with Crippen molar-refractivity contribution in [3.8, 4) is 0 Å². The van der Waals surface area contributed by atoms with Crippen LogP contribution in [-0.2, 0) is 11.2 Å². The first-order chi connectivity index (χ1) is 10.1. The number of para-hydroxylation sites is 1. The van der Waals surface area contributed by atoms with Crippen molar-refractivity contribution in [2.45, 2.75) is 26.3 Å². The lowest BCUT2D eigenvalue weighted by Crippen LogP contribution is -2.28. The van der Waals surface area contributed by atoms with E-state index in [-0.39, 0.29) is 18.4 Å². The number of nitrogens with zero attached hydrogens (tertiary/aromatic N) is 1. The van der Waals surface area contributed by atoms with Crippen molar-refractivity contribution in [2.24, 2.45) is 0 Å². The zero-order chi connectivity index (χ0) is 14.8. The molecule has 108 valence electrons. The Kier molecular flexibility index (Phi) is 3.48. The number of fused-ring (bicyclic) bond motifs is 1. The number of furan rings is 1. The van der Waals surface area contributed by atoms with Gasteiger partial charge in [-0.2, -0.15) is 0 Å². The first kappa shape index (κ1) is 13.4. The van der Waals surface area contributed by atoms with Gasteiger partial charge in [-0.05, 0) is 38.1 Å². The number of hydrogen-bond donors (Lipinski definition) is 1. The highest BCUT2D eigenvalue weighted by atomic mass is 16.5. The number of nitrogens with one attached hydrogen (secondary N) is 1. The number of rotatable bonds is 4. The lowest BCUT2D eigenvalue weighted by Gasteiger charge is -2.10. The van der Waals surface area contributed by atoms with Crippen LogP contribution in [-0.4, -0.2) is 11.1 Å². The summed E-state index contributed by atoms with van der Waals surface area (Å²) in [6, 6.07) is 11.1. The summed E-state index contributed by atoms with van der Waals surface area (Å²) in [6.45, 7) is 3.76. The molecule has 1 atom stereocenters. The Labute approximate surface area is 121 Å². The molecule has 1 N–H and O–H groups in total. The molecule has 0 fully saturated rings. The monoisotopic (exact) mass is 284 g/mol. The highest BCUT2D eigenvalue weighted by molar-refractivity contribution is 5.86. The Morgan fingerprint density at radius 3 is 2.86 bits per heavy atom. The summed E-state index contributed by atoms with van der Waals surface area (Å²) in [5, 5.41) is 7.73. The lowest BCUT2D eigenvalue weighted by molar-refractivity contribution is -0.121. The zero-order valence-electron chi connectivity index (χ0n) is 11.9. The molecule has 0 aliphatic rings. The molecule has 1 aromatic carbocycles. The molecule has 0 bridgehead atoms. The minimum Gasteiger partial charge on any atom is -0.464 e. The largest absolute Gasteiger partial charge is 0.464 e. The first-order valence-corrected chi connectivity index (χ1v) is 6.82. The van der Waals surface area contributed by atoms with E-state index < -0.39 is 0 Å². The molecule has 0 aliphatic heterocycles. The molecule has 5 nitrogen and oxygen atoms in total. The maximum atomic E-state index is 12.1. The van der Waals surface area contributed by atoms with E-state index >= 15 is 0 Å². The molecule has 0 aliphatic carbocycles. The predicted molar refractivity (Wildman–Crippen MR) is 77.7 cm³/mol. The summed E-state index contributed by atoms with van der Waals surface area (Å²) in [5.74, 6) is 1.45. The minimum atomic E-state index is -0.177. The average molecular weight is 284 g/mol. The summed E-state index contributed by atoms with van der Waals surface area (Å²) in [6.07, 6.45) is 0.182. The second kappa shape index (κ2) is 5.44. The van der Waals surface area contributed by atoms with Crippen LogP contribution < -0.4 is 5.32 Å². The van der Waals surface area contributed by atoms with Crippen LogP contribution in [0.4, 0.5) is 0 Å². The van der Waals surface area contributed by atoms with Crippen molar-refractivity contribution in [2.75, 3.05) is 0 Å². The van der Waals surface area contributed by atoms with Crippen LogP contribution in [0.2, 0.25) is 0 Å². The standard InChI is InChI=1S/C16H16N2O3/c1-10-7-8-14(20-10)11(2)17-16(19)9-13-12-5-3-4-6-15(12)21-18-13/h3-8,11H,9H2,1-2H3,(H,17,19). The molecule has 3 rings (SSSR count). The number of benzene rings is 1. The second-order valence-electron chi connectivity index (χ2n) is 5.04. The van der Waals surface area contributed by atoms with E-state index in [1.165, 1.54) is 0 Å². The van der Waals surface area contributed by atoms with Crippen LogP contribution >= 0.6 is 0 Å². The van der Waals surface area contributed by atoms with Crippen molar-refractivity contribution in [3.63, 3.8) is 0 Å². The number of aryl methyl sites for hydroxylation is 1. The van der Waals surface area contributed by atoms with Gasteiger partial charge in [-0.3, -0.25) is 4.79 Å². The second-order valence-corrected chi connectivity index (χ2v) is 5.04. The fourth-order valence-electron chi connectivity index (χ4n) is 2.27. The molecule has 2 heterocycles. The van der Waals surface area contributed by atoms with E-state index in [2.05, 4.69) is 10.5 Å². The predicted octanol–water partition coefficient (Wildman–Crippen LogP) is 3.15. The van der Waals surface area contributed by atoms with Gasteiger partial charge in [0, 0.05) is 5.39 Å². The van der Waals surface area contributed by atoms with E-state index in [1.807, 2.05) is 50.2 Å². The SMILES string of the molecule is Cc1ccc(C(C)NC(=O)Cc2noc3ccccc23)o1. The highest BCUT2D eigenvalue weighted by Gasteiger charge is 2.16. The Bertz CT molecular complexity index is 773. The summed E-state index contributed by atoms with van der Waals surface area (Å²) >= 11 is 0. The van der Waals surface area contributed by atoms with Gasteiger partial charge < -0.3 is 14.3 Å². The van der Waals surface area contributed by atoms with Crippen LogP contribution in [0, 0.1) is 6.92 Å². The van der Waals surface area contributed by atoms with Crippen LogP contribution in [0.3, 0.4) is 0 Å². The van der Waals surface area contributed by atoms with Crippen LogP contribution in [0.25, 0.3) is 11.0 Å². The molecule has 0 saturated carbocycles. The molecule has 0 spiro atoms. The van der Waals surface area contributed by atoms with E-state index in [4.69, 9.17) is 8.94 Å². The van der Waals surface area contributed by atoms with Crippen molar-refractivity contribution in [1.29, 1.82) is 0 Å². The normalized spacial score (nSPS) is 12.5. The van der Waals surface area contributed by atoms with Gasteiger partial charge in [-0.1, -0.05) is 17.3 Å². The third-order valence-corrected chi connectivity index (χ3v) is 3.35. The van der Waals surface area contributed by atoms with Crippen molar-refractivity contribution in [3.05, 3.63) is 53.6 Å². The fraction of sp³-hybridized carbons (Fsp3) is 0.250. The Balaban J connectivity index is 1.69. The first-order valence-electron chi connectivity index (χ1n) is 6.82. The van der Waals surface area contributed by atoms with Gasteiger partial charge in [-0.25, -0.2) is 0 Å². The summed E-state index contributed by atoms with van der Waals surface area (Å²) in [4.78, 5) is 12.1. The van der Waals surface area contributed by atoms with E-state index in [0.29, 0.717) is 11.3 Å². The number of aromatic nitrogens is 1. The van der Waals surface area contributed by atoms with Crippen molar-refractivity contribution in [1.82, 2.24) is 10.5 Å². The van der Waals surface area contributed by atoms with Crippen LogP contribution in [0.1, 0.15) is 30.2 Å². The smallest absolute Gasteiger partial charge is 0.226 e. The van der Waals surface area contributed by atoms with Gasteiger partial charge in [0.15, 0.2) is 5.58 Å². The molecule has 1 unspecified atom stereocenters. The molecular weight excluding hydrogens is 268 g/mol. The molecule has 2 aromatic heterocycles. The van der Waals surface area contributed by atoms with Crippen LogP contribution in [0.5, 0.6) is 0 Å². The third kappa shape index (κ3) is 2.81. The van der Waals surface area contributed by atoms with Gasteiger partial charge in [0.1, 0.15) is 17.2 Å². The van der Waals surface area contributed by atoms with Crippen LogP contribution in [0.15, 0.2) is 45.3 Å². The summed E-state index contributed by atoms with van der Waals surface area (Å²) in [5.41, 5.74) is 1.33. The Morgan fingerprint density at radius 1 is 1.29 bits per heavy atom. The van der Waals surface area contributed by atoms with E-state index in [0.717, 1.165) is 16.9 Å². The van der Waals surface area contributed by atoms with E-state index in [1.54, 1.807) is 0 Å². The molecular formula is C16H16N2O3. The maximum Gasteiger partial charge on any atom is 0.226 e. The van der Waals surface area contributed by atoms with Gasteiger partial charge in [0.05, 0.1) is 12.5 Å². The van der Waals surface area contributed by atoms with Gasteiger partial charge in [-0.15, -0.1) is 0 Å². The van der Waals surface area contributed by atoms with Crippen molar-refractivity contribution < 1.29 is 13.7 Å². The quantitative estimate of drug-likeness (QED) is 0.799. The van der Waals surface area contributed by atoms with Gasteiger partial charge in [0.2, 0.25) is 5.91 Å². The third-order valence-electron chi connectivity index (χ3n) is 3.35.